The quantitative estimate of drug-likeness (QED) is 0.733. The van der Waals surface area contributed by atoms with Crippen molar-refractivity contribution in [3.05, 3.63) is 16.3 Å². The van der Waals surface area contributed by atoms with Crippen LogP contribution in [-0.4, -0.2) is 14.9 Å². The number of nitrogens with zero attached hydrogens (tertiary/aromatic N) is 4. The Labute approximate surface area is 102 Å². The van der Waals surface area contributed by atoms with Crippen molar-refractivity contribution < 1.29 is 4.68 Å². The molecule has 0 amide bonds. The maximum absolute atomic E-state index is 12.1. The summed E-state index contributed by atoms with van der Waals surface area (Å²) in [7, 11) is 0. The molecule has 0 aliphatic rings. The predicted molar refractivity (Wildman–Crippen MR) is 66.0 cm³/mol. The van der Waals surface area contributed by atoms with Gasteiger partial charge in [0.25, 0.3) is 0 Å². The van der Waals surface area contributed by atoms with Crippen molar-refractivity contribution >= 4 is 0 Å². The van der Waals surface area contributed by atoms with E-state index >= 15 is 0 Å². The second-order valence-electron chi connectivity index (χ2n) is 5.93. The van der Waals surface area contributed by atoms with E-state index in [0.717, 1.165) is 0 Å². The van der Waals surface area contributed by atoms with Gasteiger partial charge in [-0.25, -0.2) is 0 Å². The molecular formula is C12H23N4O+. The lowest BCUT2D eigenvalue weighted by molar-refractivity contribution is -0.790. The Balaban J connectivity index is 3.54. The third kappa shape index (κ3) is 2.90. The van der Waals surface area contributed by atoms with Crippen LogP contribution in [0.15, 0.2) is 4.79 Å². The van der Waals surface area contributed by atoms with E-state index in [2.05, 4.69) is 10.2 Å². The van der Waals surface area contributed by atoms with Crippen LogP contribution in [0.3, 0.4) is 0 Å². The molecule has 0 aliphatic carbocycles. The van der Waals surface area contributed by atoms with E-state index in [0.29, 0.717) is 5.82 Å². The summed E-state index contributed by atoms with van der Waals surface area (Å²) in [4.78, 5) is 12.1. The van der Waals surface area contributed by atoms with E-state index < -0.39 is 0 Å². The zero-order valence-corrected chi connectivity index (χ0v) is 11.9. The van der Waals surface area contributed by atoms with Crippen LogP contribution in [0.1, 0.15) is 66.4 Å². The Kier molecular flexibility index (Phi) is 3.69. The number of hydrogen-bond acceptors (Lipinski definition) is 3. The summed E-state index contributed by atoms with van der Waals surface area (Å²) in [5, 5.41) is 8.72. The number of rotatable bonds is 2. The molecule has 1 aromatic rings. The minimum Gasteiger partial charge on any atom is -0.193 e. The highest BCUT2D eigenvalue weighted by atomic mass is 16.2. The molecule has 5 heteroatoms. The minimum atomic E-state index is -0.166. The van der Waals surface area contributed by atoms with Crippen molar-refractivity contribution in [1.29, 1.82) is 0 Å². The van der Waals surface area contributed by atoms with Crippen LogP contribution in [0.4, 0.5) is 0 Å². The number of aromatic nitrogens is 4. The fraction of sp³-hybridized carbons (Fsp3) is 0.833. The van der Waals surface area contributed by atoms with Gasteiger partial charge in [0, 0.05) is 5.41 Å². The van der Waals surface area contributed by atoms with Gasteiger partial charge in [-0.2, -0.15) is 4.79 Å². The molecule has 96 valence electrons. The topological polar surface area (TPSA) is 51.7 Å². The summed E-state index contributed by atoms with van der Waals surface area (Å²) < 4.78 is 3.02. The largest absolute Gasteiger partial charge is 0.540 e. The zero-order chi connectivity index (χ0) is 13.4. The van der Waals surface area contributed by atoms with Gasteiger partial charge >= 0.3 is 5.69 Å². The van der Waals surface area contributed by atoms with Crippen LogP contribution in [0.5, 0.6) is 0 Å². The third-order valence-electron chi connectivity index (χ3n) is 2.45. The molecule has 17 heavy (non-hydrogen) atoms. The molecule has 1 aromatic heterocycles. The highest BCUT2D eigenvalue weighted by Crippen LogP contribution is 2.16. The lowest BCUT2D eigenvalue weighted by Crippen LogP contribution is -2.60. The van der Waals surface area contributed by atoms with Crippen LogP contribution < -0.4 is 10.4 Å². The molecule has 0 fully saturated rings. The molecule has 0 saturated carbocycles. The van der Waals surface area contributed by atoms with Gasteiger partial charge in [-0.3, -0.25) is 0 Å². The van der Waals surface area contributed by atoms with Crippen molar-refractivity contribution in [2.24, 2.45) is 0 Å². The van der Waals surface area contributed by atoms with E-state index in [1.165, 1.54) is 9.36 Å². The standard InChI is InChI=1S/C12H23N4O/c1-8(2)15-11(17)16(9(3)4)14-10(13-15)12(5,6)7/h8-9H,1-7H3/q+1. The minimum absolute atomic E-state index is 0.0385. The summed E-state index contributed by atoms with van der Waals surface area (Å²) >= 11 is 0. The van der Waals surface area contributed by atoms with Gasteiger partial charge in [-0.05, 0) is 27.7 Å². The van der Waals surface area contributed by atoms with Gasteiger partial charge in [-0.1, -0.05) is 40.3 Å². The second-order valence-corrected chi connectivity index (χ2v) is 5.93. The molecular weight excluding hydrogens is 216 g/mol. The van der Waals surface area contributed by atoms with E-state index in [1.807, 2.05) is 48.5 Å². The summed E-state index contributed by atoms with van der Waals surface area (Å²) in [6.45, 7) is 13.9. The van der Waals surface area contributed by atoms with E-state index in [4.69, 9.17) is 0 Å². The first-order valence-corrected chi connectivity index (χ1v) is 6.07. The molecule has 0 spiro atoms. The van der Waals surface area contributed by atoms with Crippen molar-refractivity contribution in [1.82, 2.24) is 14.9 Å². The molecule has 0 bridgehead atoms. The molecule has 1 heterocycles. The first-order valence-electron chi connectivity index (χ1n) is 6.07. The van der Waals surface area contributed by atoms with Gasteiger partial charge in [0.05, 0.1) is 0 Å². The maximum Gasteiger partial charge on any atom is 0.540 e. The van der Waals surface area contributed by atoms with E-state index in [-0.39, 0.29) is 23.2 Å². The Morgan fingerprint density at radius 2 is 1.71 bits per heavy atom. The lowest BCUT2D eigenvalue weighted by atomic mass is 9.96. The zero-order valence-electron chi connectivity index (χ0n) is 11.9. The highest BCUT2D eigenvalue weighted by Gasteiger charge is 2.28. The normalized spacial score (nSPS) is 12.5. The molecule has 0 aromatic carbocycles. The molecule has 0 aliphatic heterocycles. The fourth-order valence-electron chi connectivity index (χ4n) is 1.39. The molecule has 1 rings (SSSR count). The Hall–Kier alpha value is -1.26. The fourth-order valence-corrected chi connectivity index (χ4v) is 1.39. The summed E-state index contributed by atoms with van der Waals surface area (Å²) in [6.07, 6.45) is 0. The Morgan fingerprint density at radius 1 is 1.18 bits per heavy atom. The van der Waals surface area contributed by atoms with Crippen LogP contribution in [0.25, 0.3) is 0 Å². The Bertz CT molecular complexity index is 422. The average Bonchev–Trinajstić information content (AvgIpc) is 2.14. The number of hydrogen-bond donors (Lipinski definition) is 0. The third-order valence-corrected chi connectivity index (χ3v) is 2.45. The van der Waals surface area contributed by atoms with Crippen molar-refractivity contribution in [3.8, 4) is 0 Å². The molecule has 0 atom stereocenters. The van der Waals surface area contributed by atoms with Crippen LogP contribution in [0.2, 0.25) is 0 Å². The average molecular weight is 239 g/mol. The first kappa shape index (κ1) is 13.8. The van der Waals surface area contributed by atoms with Crippen LogP contribution in [0, 0.1) is 0 Å². The SMILES string of the molecule is CC(C)n1nc(C(C)(C)C)n[n+](C(C)C)c1=O. The van der Waals surface area contributed by atoms with Crippen LogP contribution in [-0.2, 0) is 5.41 Å². The van der Waals surface area contributed by atoms with Gasteiger partial charge in [0.15, 0.2) is 0 Å². The van der Waals surface area contributed by atoms with Gasteiger partial charge in [0.2, 0.25) is 5.82 Å². The smallest absolute Gasteiger partial charge is 0.193 e. The van der Waals surface area contributed by atoms with Crippen molar-refractivity contribution in [2.45, 2.75) is 66.0 Å². The molecule has 0 saturated heterocycles. The second kappa shape index (κ2) is 4.55. The highest BCUT2D eigenvalue weighted by molar-refractivity contribution is 4.95. The molecule has 0 radical (unpaired) electrons. The van der Waals surface area contributed by atoms with Gasteiger partial charge in [-0.15, -0.1) is 0 Å². The lowest BCUT2D eigenvalue weighted by Gasteiger charge is -2.16. The maximum atomic E-state index is 12.1. The summed E-state index contributed by atoms with van der Waals surface area (Å²) in [6, 6.07) is 0.0770. The van der Waals surface area contributed by atoms with Crippen molar-refractivity contribution in [3.63, 3.8) is 0 Å². The van der Waals surface area contributed by atoms with Gasteiger partial charge in [0.1, 0.15) is 12.1 Å². The molecule has 0 N–H and O–H groups in total. The van der Waals surface area contributed by atoms with E-state index in [9.17, 15) is 4.79 Å². The molecule has 0 unspecified atom stereocenters. The summed E-state index contributed by atoms with van der Waals surface area (Å²) in [5.41, 5.74) is -0.316. The van der Waals surface area contributed by atoms with Crippen LogP contribution >= 0.6 is 0 Å². The van der Waals surface area contributed by atoms with E-state index in [1.54, 1.807) is 0 Å². The monoisotopic (exact) mass is 239 g/mol. The predicted octanol–water partition coefficient (Wildman–Crippen LogP) is 1.39. The Morgan fingerprint density at radius 3 is 2.06 bits per heavy atom. The first-order chi connectivity index (χ1) is 7.64. The molecule has 5 nitrogen and oxygen atoms in total. The van der Waals surface area contributed by atoms with Crippen molar-refractivity contribution in [2.75, 3.05) is 0 Å². The summed E-state index contributed by atoms with van der Waals surface area (Å²) in [5.74, 6) is 0.694. The van der Waals surface area contributed by atoms with Gasteiger partial charge < -0.3 is 0 Å².